The van der Waals surface area contributed by atoms with Gasteiger partial charge in [0.05, 0.1) is 13.0 Å². The second-order valence-corrected chi connectivity index (χ2v) is 3.77. The Bertz CT molecular complexity index is 379. The lowest BCUT2D eigenvalue weighted by atomic mass is 10.1. The summed E-state index contributed by atoms with van der Waals surface area (Å²) in [4.78, 5) is 11.1. The van der Waals surface area contributed by atoms with Crippen molar-refractivity contribution < 1.29 is 13.9 Å². The third kappa shape index (κ3) is 3.22. The predicted octanol–water partition coefficient (Wildman–Crippen LogP) is 2.36. The second-order valence-electron chi connectivity index (χ2n) is 3.77. The molecule has 1 N–H and O–H groups in total. The molecule has 1 aromatic carbocycles. The summed E-state index contributed by atoms with van der Waals surface area (Å²) in [5.74, 6) is -0.787. The van der Waals surface area contributed by atoms with Crippen molar-refractivity contribution in [1.29, 1.82) is 0 Å². The molecule has 1 atom stereocenters. The lowest BCUT2D eigenvalue weighted by Crippen LogP contribution is -2.21. The molecular formula is C12H16FNO2. The van der Waals surface area contributed by atoms with E-state index >= 15 is 0 Å². The van der Waals surface area contributed by atoms with E-state index in [1.54, 1.807) is 26.0 Å². The Kier molecular flexibility index (Phi) is 4.28. The number of hydrogen-bond acceptors (Lipinski definition) is 3. The number of aryl methyl sites for hydroxylation is 1. The number of hydrogen-bond donors (Lipinski definition) is 1. The molecule has 0 fully saturated rings. The van der Waals surface area contributed by atoms with Crippen molar-refractivity contribution in [1.82, 2.24) is 0 Å². The molecule has 88 valence electrons. The molecule has 1 rings (SSSR count). The Morgan fingerprint density at radius 2 is 2.25 bits per heavy atom. The number of carbonyl (C=O) groups is 1. The molecule has 0 bridgehead atoms. The van der Waals surface area contributed by atoms with Gasteiger partial charge in [-0.1, -0.05) is 13.0 Å². The summed E-state index contributed by atoms with van der Waals surface area (Å²) in [5.41, 5.74) is 1.27. The smallest absolute Gasteiger partial charge is 0.310 e. The van der Waals surface area contributed by atoms with Crippen LogP contribution in [-0.2, 0) is 9.53 Å². The van der Waals surface area contributed by atoms with Gasteiger partial charge in [-0.15, -0.1) is 0 Å². The monoisotopic (exact) mass is 225 g/mol. The molecule has 0 heterocycles. The maximum Gasteiger partial charge on any atom is 0.310 e. The Hall–Kier alpha value is -1.58. The molecule has 16 heavy (non-hydrogen) atoms. The van der Waals surface area contributed by atoms with Crippen LogP contribution in [0.5, 0.6) is 0 Å². The van der Waals surface area contributed by atoms with Gasteiger partial charge in [-0.2, -0.15) is 0 Å². The van der Waals surface area contributed by atoms with Gasteiger partial charge in [-0.3, -0.25) is 4.79 Å². The van der Waals surface area contributed by atoms with E-state index in [1.807, 2.05) is 0 Å². The number of methoxy groups -OCH3 is 1. The fourth-order valence-corrected chi connectivity index (χ4v) is 1.26. The SMILES string of the molecule is COC(=O)C(C)CNc1ccc(C)c(F)c1. The molecule has 1 unspecified atom stereocenters. The average molecular weight is 225 g/mol. The van der Waals surface area contributed by atoms with Gasteiger partial charge >= 0.3 is 5.97 Å². The summed E-state index contributed by atoms with van der Waals surface area (Å²) in [6.07, 6.45) is 0. The fourth-order valence-electron chi connectivity index (χ4n) is 1.26. The van der Waals surface area contributed by atoms with Crippen LogP contribution in [-0.4, -0.2) is 19.6 Å². The molecule has 0 aliphatic rings. The lowest BCUT2D eigenvalue weighted by Gasteiger charge is -2.11. The number of nitrogens with one attached hydrogen (secondary N) is 1. The van der Waals surface area contributed by atoms with Crippen LogP contribution in [0, 0.1) is 18.7 Å². The molecular weight excluding hydrogens is 209 g/mol. The highest BCUT2D eigenvalue weighted by molar-refractivity contribution is 5.72. The largest absolute Gasteiger partial charge is 0.469 e. The Labute approximate surface area is 94.6 Å². The zero-order chi connectivity index (χ0) is 12.1. The van der Waals surface area contributed by atoms with Crippen LogP contribution in [0.2, 0.25) is 0 Å². The van der Waals surface area contributed by atoms with Crippen LogP contribution >= 0.6 is 0 Å². The maximum atomic E-state index is 13.2. The second kappa shape index (κ2) is 5.49. The number of anilines is 1. The van der Waals surface area contributed by atoms with Gasteiger partial charge in [0.25, 0.3) is 0 Å². The Morgan fingerprint density at radius 1 is 1.56 bits per heavy atom. The summed E-state index contributed by atoms with van der Waals surface area (Å²) in [6, 6.07) is 4.89. The highest BCUT2D eigenvalue weighted by Crippen LogP contribution is 2.14. The highest BCUT2D eigenvalue weighted by atomic mass is 19.1. The number of esters is 1. The minimum atomic E-state index is -0.278. The molecule has 4 heteroatoms. The van der Waals surface area contributed by atoms with Gasteiger partial charge in [0, 0.05) is 12.2 Å². The molecule has 0 saturated carbocycles. The van der Waals surface area contributed by atoms with Gasteiger partial charge in [0.1, 0.15) is 5.82 Å². The lowest BCUT2D eigenvalue weighted by molar-refractivity contribution is -0.144. The van der Waals surface area contributed by atoms with Crippen LogP contribution < -0.4 is 5.32 Å². The number of benzene rings is 1. The van der Waals surface area contributed by atoms with Crippen LogP contribution in [0.3, 0.4) is 0 Å². The van der Waals surface area contributed by atoms with Crippen molar-refractivity contribution in [3.8, 4) is 0 Å². The standard InChI is InChI=1S/C12H16FNO2/c1-8-4-5-10(6-11(8)13)14-7-9(2)12(15)16-3/h4-6,9,14H,7H2,1-3H3. The molecule has 0 aromatic heterocycles. The quantitative estimate of drug-likeness (QED) is 0.799. The van der Waals surface area contributed by atoms with E-state index in [0.29, 0.717) is 17.8 Å². The van der Waals surface area contributed by atoms with E-state index in [9.17, 15) is 9.18 Å². The number of carbonyl (C=O) groups excluding carboxylic acids is 1. The molecule has 0 radical (unpaired) electrons. The topological polar surface area (TPSA) is 38.3 Å². The zero-order valence-electron chi connectivity index (χ0n) is 9.71. The highest BCUT2D eigenvalue weighted by Gasteiger charge is 2.12. The van der Waals surface area contributed by atoms with Gasteiger partial charge < -0.3 is 10.1 Å². The van der Waals surface area contributed by atoms with Crippen molar-refractivity contribution in [2.24, 2.45) is 5.92 Å². The van der Waals surface area contributed by atoms with Crippen LogP contribution in [0.15, 0.2) is 18.2 Å². The van der Waals surface area contributed by atoms with Crippen molar-refractivity contribution in [2.45, 2.75) is 13.8 Å². The molecule has 0 amide bonds. The maximum absolute atomic E-state index is 13.2. The molecule has 0 saturated heterocycles. The van der Waals surface area contributed by atoms with Gasteiger partial charge in [0.15, 0.2) is 0 Å². The van der Waals surface area contributed by atoms with E-state index in [-0.39, 0.29) is 17.7 Å². The predicted molar refractivity (Wildman–Crippen MR) is 60.8 cm³/mol. The molecule has 0 aliphatic heterocycles. The summed E-state index contributed by atoms with van der Waals surface area (Å²) >= 11 is 0. The zero-order valence-corrected chi connectivity index (χ0v) is 9.71. The third-order valence-corrected chi connectivity index (χ3v) is 2.39. The Balaban J connectivity index is 2.55. The summed E-state index contributed by atoms with van der Waals surface area (Å²) in [7, 11) is 1.35. The van der Waals surface area contributed by atoms with E-state index < -0.39 is 0 Å². The summed E-state index contributed by atoms with van der Waals surface area (Å²) in [6.45, 7) is 3.88. The van der Waals surface area contributed by atoms with E-state index in [1.165, 1.54) is 13.2 Å². The van der Waals surface area contributed by atoms with E-state index in [4.69, 9.17) is 0 Å². The van der Waals surface area contributed by atoms with E-state index in [2.05, 4.69) is 10.1 Å². The van der Waals surface area contributed by atoms with Crippen molar-refractivity contribution in [3.05, 3.63) is 29.6 Å². The minimum Gasteiger partial charge on any atom is -0.469 e. The number of halogens is 1. The number of ether oxygens (including phenoxy) is 1. The first-order chi connectivity index (χ1) is 7.54. The molecule has 1 aromatic rings. The fraction of sp³-hybridized carbons (Fsp3) is 0.417. The van der Waals surface area contributed by atoms with Crippen molar-refractivity contribution in [3.63, 3.8) is 0 Å². The molecule has 3 nitrogen and oxygen atoms in total. The first-order valence-electron chi connectivity index (χ1n) is 5.12. The summed E-state index contributed by atoms with van der Waals surface area (Å²) in [5, 5.41) is 2.99. The molecule has 0 spiro atoms. The molecule has 0 aliphatic carbocycles. The van der Waals surface area contributed by atoms with Crippen LogP contribution in [0.4, 0.5) is 10.1 Å². The third-order valence-electron chi connectivity index (χ3n) is 2.39. The average Bonchev–Trinajstić information content (AvgIpc) is 2.29. The van der Waals surface area contributed by atoms with Crippen molar-refractivity contribution in [2.75, 3.05) is 19.0 Å². The van der Waals surface area contributed by atoms with Gasteiger partial charge in [-0.05, 0) is 24.6 Å². The first-order valence-corrected chi connectivity index (χ1v) is 5.12. The number of rotatable bonds is 4. The van der Waals surface area contributed by atoms with Crippen LogP contribution in [0.25, 0.3) is 0 Å². The van der Waals surface area contributed by atoms with E-state index in [0.717, 1.165) is 0 Å². The Morgan fingerprint density at radius 3 is 2.81 bits per heavy atom. The first kappa shape index (κ1) is 12.5. The summed E-state index contributed by atoms with van der Waals surface area (Å²) < 4.78 is 17.8. The van der Waals surface area contributed by atoms with Crippen molar-refractivity contribution >= 4 is 11.7 Å². The van der Waals surface area contributed by atoms with Crippen LogP contribution in [0.1, 0.15) is 12.5 Å². The van der Waals surface area contributed by atoms with Gasteiger partial charge in [0.2, 0.25) is 0 Å². The minimum absolute atomic E-state index is 0.254. The van der Waals surface area contributed by atoms with Gasteiger partial charge in [-0.25, -0.2) is 4.39 Å². The normalized spacial score (nSPS) is 12.0.